The summed E-state index contributed by atoms with van der Waals surface area (Å²) in [5, 5.41) is 0. The highest BCUT2D eigenvalue weighted by Crippen LogP contribution is 2.33. The Morgan fingerprint density at radius 3 is 3.08 bits per heavy atom. The van der Waals surface area contributed by atoms with E-state index in [0.29, 0.717) is 0 Å². The zero-order valence-corrected chi connectivity index (χ0v) is 8.73. The SMILES string of the molecule is CSc1cccc2c1CCCC2N. The van der Waals surface area contributed by atoms with E-state index in [9.17, 15) is 0 Å². The number of hydrogen-bond donors (Lipinski definition) is 1. The Morgan fingerprint density at radius 2 is 2.31 bits per heavy atom. The van der Waals surface area contributed by atoms with Gasteiger partial charge in [-0.1, -0.05) is 12.1 Å². The van der Waals surface area contributed by atoms with E-state index in [1.807, 2.05) is 11.8 Å². The minimum atomic E-state index is 0.274. The van der Waals surface area contributed by atoms with Gasteiger partial charge in [-0.2, -0.15) is 0 Å². The van der Waals surface area contributed by atoms with Gasteiger partial charge in [0.1, 0.15) is 0 Å². The average Bonchev–Trinajstić information content (AvgIpc) is 2.18. The lowest BCUT2D eigenvalue weighted by molar-refractivity contribution is 0.564. The Labute approximate surface area is 83.7 Å². The Kier molecular flexibility index (Phi) is 2.61. The lowest BCUT2D eigenvalue weighted by Gasteiger charge is -2.23. The molecule has 0 saturated heterocycles. The van der Waals surface area contributed by atoms with E-state index in [1.165, 1.54) is 28.9 Å². The first kappa shape index (κ1) is 9.10. The van der Waals surface area contributed by atoms with Gasteiger partial charge in [0.25, 0.3) is 0 Å². The number of fused-ring (bicyclic) bond motifs is 1. The fourth-order valence-corrected chi connectivity index (χ4v) is 2.72. The fourth-order valence-electron chi connectivity index (χ4n) is 2.04. The molecular weight excluding hydrogens is 178 g/mol. The highest BCUT2D eigenvalue weighted by atomic mass is 32.2. The van der Waals surface area contributed by atoms with E-state index in [0.717, 1.165) is 6.42 Å². The van der Waals surface area contributed by atoms with Crippen LogP contribution in [-0.4, -0.2) is 6.26 Å². The molecule has 13 heavy (non-hydrogen) atoms. The van der Waals surface area contributed by atoms with Crippen LogP contribution in [0.4, 0.5) is 0 Å². The van der Waals surface area contributed by atoms with Crippen LogP contribution in [0.25, 0.3) is 0 Å². The molecule has 0 amide bonds. The third-order valence-corrected chi connectivity index (χ3v) is 3.55. The molecule has 0 spiro atoms. The highest BCUT2D eigenvalue weighted by Gasteiger charge is 2.18. The number of thioether (sulfide) groups is 1. The zero-order chi connectivity index (χ0) is 9.26. The number of benzene rings is 1. The Balaban J connectivity index is 2.48. The molecule has 70 valence electrons. The summed E-state index contributed by atoms with van der Waals surface area (Å²) in [5.41, 5.74) is 8.93. The van der Waals surface area contributed by atoms with Gasteiger partial charge in [-0.05, 0) is 42.7 Å². The van der Waals surface area contributed by atoms with Gasteiger partial charge in [-0.25, -0.2) is 0 Å². The van der Waals surface area contributed by atoms with Gasteiger partial charge in [0.05, 0.1) is 0 Å². The minimum Gasteiger partial charge on any atom is -0.324 e. The Bertz CT molecular complexity index is 309. The van der Waals surface area contributed by atoms with E-state index >= 15 is 0 Å². The average molecular weight is 193 g/mol. The lowest BCUT2D eigenvalue weighted by atomic mass is 9.88. The third-order valence-electron chi connectivity index (χ3n) is 2.73. The Morgan fingerprint density at radius 1 is 1.46 bits per heavy atom. The summed E-state index contributed by atoms with van der Waals surface area (Å²) >= 11 is 1.83. The summed E-state index contributed by atoms with van der Waals surface area (Å²) < 4.78 is 0. The van der Waals surface area contributed by atoms with Crippen LogP contribution >= 0.6 is 11.8 Å². The van der Waals surface area contributed by atoms with Crippen LogP contribution in [0.3, 0.4) is 0 Å². The first-order valence-electron chi connectivity index (χ1n) is 4.74. The van der Waals surface area contributed by atoms with Crippen molar-refractivity contribution in [1.82, 2.24) is 0 Å². The topological polar surface area (TPSA) is 26.0 Å². The van der Waals surface area contributed by atoms with Gasteiger partial charge >= 0.3 is 0 Å². The molecule has 1 aliphatic rings. The maximum atomic E-state index is 6.06. The molecule has 1 aromatic carbocycles. The minimum absolute atomic E-state index is 0.274. The molecule has 2 N–H and O–H groups in total. The number of hydrogen-bond acceptors (Lipinski definition) is 2. The van der Waals surface area contributed by atoms with Gasteiger partial charge < -0.3 is 5.73 Å². The molecular formula is C11H15NS. The second-order valence-corrected chi connectivity index (χ2v) is 4.37. The van der Waals surface area contributed by atoms with Crippen molar-refractivity contribution < 1.29 is 0 Å². The van der Waals surface area contributed by atoms with Gasteiger partial charge in [0.2, 0.25) is 0 Å². The molecule has 0 aromatic heterocycles. The molecule has 1 atom stereocenters. The molecule has 1 unspecified atom stereocenters. The van der Waals surface area contributed by atoms with Crippen molar-refractivity contribution in [3.8, 4) is 0 Å². The summed E-state index contributed by atoms with van der Waals surface area (Å²) in [6, 6.07) is 6.77. The second-order valence-electron chi connectivity index (χ2n) is 3.53. The van der Waals surface area contributed by atoms with Crippen molar-refractivity contribution in [2.75, 3.05) is 6.26 Å². The van der Waals surface area contributed by atoms with Crippen LogP contribution in [0, 0.1) is 0 Å². The molecule has 1 aromatic rings. The van der Waals surface area contributed by atoms with Crippen molar-refractivity contribution in [1.29, 1.82) is 0 Å². The van der Waals surface area contributed by atoms with Crippen molar-refractivity contribution in [2.24, 2.45) is 5.73 Å². The van der Waals surface area contributed by atoms with Crippen LogP contribution in [-0.2, 0) is 6.42 Å². The predicted molar refractivity (Wildman–Crippen MR) is 58.1 cm³/mol. The predicted octanol–water partition coefficient (Wildman–Crippen LogP) is 2.74. The lowest BCUT2D eigenvalue weighted by Crippen LogP contribution is -2.17. The van der Waals surface area contributed by atoms with Crippen LogP contribution < -0.4 is 5.73 Å². The van der Waals surface area contributed by atoms with Crippen LogP contribution in [0.5, 0.6) is 0 Å². The molecule has 0 aliphatic heterocycles. The standard InChI is InChI=1S/C11H15NS/c1-13-11-7-3-4-8-9(11)5-2-6-10(8)12/h3-4,7,10H,2,5-6,12H2,1H3. The summed E-state index contributed by atoms with van der Waals surface area (Å²) in [6.45, 7) is 0. The molecule has 1 nitrogen and oxygen atoms in total. The number of nitrogens with two attached hydrogens (primary N) is 1. The monoisotopic (exact) mass is 193 g/mol. The van der Waals surface area contributed by atoms with E-state index in [1.54, 1.807) is 0 Å². The zero-order valence-electron chi connectivity index (χ0n) is 7.92. The first-order chi connectivity index (χ1) is 6.33. The number of rotatable bonds is 1. The molecule has 0 bridgehead atoms. The highest BCUT2D eigenvalue weighted by molar-refractivity contribution is 7.98. The van der Waals surface area contributed by atoms with E-state index in [4.69, 9.17) is 5.73 Å². The molecule has 0 radical (unpaired) electrons. The molecule has 2 heteroatoms. The summed E-state index contributed by atoms with van der Waals surface area (Å²) in [4.78, 5) is 1.41. The normalized spacial score (nSPS) is 21.2. The summed E-state index contributed by atoms with van der Waals surface area (Å²) in [7, 11) is 0. The van der Waals surface area contributed by atoms with Crippen LogP contribution in [0.1, 0.15) is 30.0 Å². The van der Waals surface area contributed by atoms with Crippen molar-refractivity contribution in [2.45, 2.75) is 30.2 Å². The third kappa shape index (κ3) is 1.61. The van der Waals surface area contributed by atoms with Crippen molar-refractivity contribution >= 4 is 11.8 Å². The summed E-state index contributed by atoms with van der Waals surface area (Å²) in [6.07, 6.45) is 5.73. The maximum Gasteiger partial charge on any atom is 0.0298 e. The fraction of sp³-hybridized carbons (Fsp3) is 0.455. The van der Waals surface area contributed by atoms with Gasteiger partial charge in [-0.3, -0.25) is 0 Å². The maximum absolute atomic E-state index is 6.06. The molecule has 2 rings (SSSR count). The summed E-state index contributed by atoms with van der Waals surface area (Å²) in [5.74, 6) is 0. The van der Waals surface area contributed by atoms with E-state index in [-0.39, 0.29) is 6.04 Å². The van der Waals surface area contributed by atoms with E-state index < -0.39 is 0 Å². The molecule has 1 aliphatic carbocycles. The van der Waals surface area contributed by atoms with Crippen LogP contribution in [0.2, 0.25) is 0 Å². The smallest absolute Gasteiger partial charge is 0.0298 e. The first-order valence-corrected chi connectivity index (χ1v) is 5.96. The Hall–Kier alpha value is -0.470. The quantitative estimate of drug-likeness (QED) is 0.694. The van der Waals surface area contributed by atoms with Gasteiger partial charge in [-0.15, -0.1) is 11.8 Å². The van der Waals surface area contributed by atoms with E-state index in [2.05, 4.69) is 24.5 Å². The largest absolute Gasteiger partial charge is 0.324 e. The molecule has 0 heterocycles. The second kappa shape index (κ2) is 3.72. The molecule has 0 saturated carbocycles. The van der Waals surface area contributed by atoms with Crippen LogP contribution in [0.15, 0.2) is 23.1 Å². The van der Waals surface area contributed by atoms with Crippen molar-refractivity contribution in [3.63, 3.8) is 0 Å². The van der Waals surface area contributed by atoms with Crippen molar-refractivity contribution in [3.05, 3.63) is 29.3 Å². The molecule has 0 fully saturated rings. The van der Waals surface area contributed by atoms with Gasteiger partial charge in [0.15, 0.2) is 0 Å². The van der Waals surface area contributed by atoms with Gasteiger partial charge in [0, 0.05) is 10.9 Å².